The van der Waals surface area contributed by atoms with E-state index < -0.39 is 5.31 Å². The van der Waals surface area contributed by atoms with Gasteiger partial charge in [-0.3, -0.25) is 0 Å². The van der Waals surface area contributed by atoms with Gasteiger partial charge in [-0.2, -0.15) is 0 Å². The van der Waals surface area contributed by atoms with Crippen molar-refractivity contribution in [2.45, 2.75) is 51.3 Å². The molecular formula is C20H26BrP. The normalized spacial score (nSPS) is 20.6. The Morgan fingerprint density at radius 2 is 1.09 bits per heavy atom. The van der Waals surface area contributed by atoms with Gasteiger partial charge in [0.1, 0.15) is 0 Å². The fourth-order valence-electron chi connectivity index (χ4n) is 3.99. The summed E-state index contributed by atoms with van der Waals surface area (Å²) >= 11 is 4.45. The second-order valence-corrected chi connectivity index (χ2v) is 18.6. The number of rotatable bonds is 2. The van der Waals surface area contributed by atoms with Crippen molar-refractivity contribution in [2.24, 2.45) is 0 Å². The Hall–Kier alpha value is -0.650. The van der Waals surface area contributed by atoms with E-state index >= 15 is 0 Å². The molecule has 118 valence electrons. The molecule has 3 rings (SSSR count). The molecule has 0 aromatic heterocycles. The van der Waals surface area contributed by atoms with Gasteiger partial charge in [0.15, 0.2) is 0 Å². The van der Waals surface area contributed by atoms with Crippen LogP contribution in [0.4, 0.5) is 0 Å². The summed E-state index contributed by atoms with van der Waals surface area (Å²) in [7, 11) is 0. The van der Waals surface area contributed by atoms with E-state index in [1.165, 1.54) is 34.6 Å². The van der Waals surface area contributed by atoms with Crippen molar-refractivity contribution < 1.29 is 0 Å². The van der Waals surface area contributed by atoms with Crippen LogP contribution in [0.5, 0.6) is 0 Å². The van der Waals surface area contributed by atoms with Crippen molar-refractivity contribution in [3.63, 3.8) is 0 Å². The zero-order valence-corrected chi connectivity index (χ0v) is 16.5. The molecule has 0 fully saturated rings. The maximum absolute atomic E-state index is 4.45. The topological polar surface area (TPSA) is 0 Å². The summed E-state index contributed by atoms with van der Waals surface area (Å²) in [5.74, 6) is 0. The molecular weight excluding hydrogens is 351 g/mol. The number of halogens is 1. The van der Waals surface area contributed by atoms with Gasteiger partial charge in [0, 0.05) is 0 Å². The van der Waals surface area contributed by atoms with Crippen LogP contribution in [0.25, 0.3) is 11.1 Å². The van der Waals surface area contributed by atoms with Gasteiger partial charge in [0.2, 0.25) is 0 Å². The molecule has 1 aliphatic heterocycles. The molecule has 1 aliphatic rings. The fourth-order valence-corrected chi connectivity index (χ4v) is 10.5. The first-order valence-corrected chi connectivity index (χ1v) is 13.0. The summed E-state index contributed by atoms with van der Waals surface area (Å²) in [5.41, 5.74) is 7.25. The van der Waals surface area contributed by atoms with Crippen LogP contribution in [-0.2, 0) is 12.3 Å². The number of fused-ring (bicyclic) bond motifs is 3. The Balaban J connectivity index is 2.34. The maximum atomic E-state index is 4.45. The van der Waals surface area contributed by atoms with Crippen LogP contribution in [0, 0.1) is 0 Å². The van der Waals surface area contributed by atoms with Crippen molar-refractivity contribution in [2.75, 3.05) is 0 Å². The summed E-state index contributed by atoms with van der Waals surface area (Å²) in [6, 6.07) is 18.0. The van der Waals surface area contributed by atoms with Gasteiger partial charge in [0.25, 0.3) is 0 Å². The van der Waals surface area contributed by atoms with Crippen molar-refractivity contribution in [1.82, 2.24) is 0 Å². The number of hydrogen-bond donors (Lipinski definition) is 0. The number of hydrogen-bond acceptors (Lipinski definition) is 0. The average Bonchev–Trinajstić information content (AvgIpc) is 2.60. The zero-order chi connectivity index (χ0) is 16.0. The van der Waals surface area contributed by atoms with Gasteiger partial charge >= 0.3 is 143 Å². The molecule has 0 unspecified atom stereocenters. The second kappa shape index (κ2) is 5.46. The van der Waals surface area contributed by atoms with Crippen LogP contribution in [0.15, 0.2) is 48.5 Å². The van der Waals surface area contributed by atoms with Gasteiger partial charge in [0.05, 0.1) is 0 Å². The summed E-state index contributed by atoms with van der Waals surface area (Å²) in [4.78, 5) is 0. The molecule has 0 aliphatic carbocycles. The summed E-state index contributed by atoms with van der Waals surface area (Å²) in [5, 5.41) is -2.07. The standard InChI is InChI=1S/C20H26BrP/c1-15(2)22(21,16(3)4)13-17-9-5-7-11-19(17)20-12-8-6-10-18(20)14-22/h5-12,15-16H,13-14H2,1-4H3. The molecule has 2 heteroatoms. The summed E-state index contributed by atoms with van der Waals surface area (Å²) in [6.07, 6.45) is 2.40. The first-order valence-electron chi connectivity index (χ1n) is 8.24. The molecule has 2 aromatic carbocycles. The van der Waals surface area contributed by atoms with Crippen LogP contribution >= 0.6 is 20.8 Å². The van der Waals surface area contributed by atoms with Crippen molar-refractivity contribution in [1.29, 1.82) is 0 Å². The quantitative estimate of drug-likeness (QED) is 0.492. The van der Waals surface area contributed by atoms with Crippen molar-refractivity contribution >= 4 is 20.8 Å². The van der Waals surface area contributed by atoms with Crippen LogP contribution in [-0.4, -0.2) is 11.3 Å². The van der Waals surface area contributed by atoms with E-state index in [-0.39, 0.29) is 0 Å². The van der Waals surface area contributed by atoms with Gasteiger partial charge in [-0.1, -0.05) is 0 Å². The molecule has 0 saturated carbocycles. The predicted octanol–water partition coefficient (Wildman–Crippen LogP) is 7.05. The molecule has 2 aromatic rings. The zero-order valence-electron chi connectivity index (χ0n) is 14.0. The summed E-state index contributed by atoms with van der Waals surface area (Å²) in [6.45, 7) is 9.68. The van der Waals surface area contributed by atoms with Crippen LogP contribution in [0.3, 0.4) is 0 Å². The van der Waals surface area contributed by atoms with E-state index in [0.29, 0.717) is 11.3 Å². The number of benzene rings is 2. The van der Waals surface area contributed by atoms with E-state index in [9.17, 15) is 0 Å². The minimum atomic E-state index is -2.07. The van der Waals surface area contributed by atoms with Gasteiger partial charge < -0.3 is 0 Å². The molecule has 0 saturated heterocycles. The fraction of sp³-hybridized carbons (Fsp3) is 0.400. The Morgan fingerprint density at radius 1 is 0.727 bits per heavy atom. The minimum absolute atomic E-state index is 0.671. The van der Waals surface area contributed by atoms with Crippen molar-refractivity contribution in [3.8, 4) is 11.1 Å². The second-order valence-electron chi connectivity index (χ2n) is 7.36. The summed E-state index contributed by atoms with van der Waals surface area (Å²) < 4.78 is 0. The van der Waals surface area contributed by atoms with E-state index in [2.05, 4.69) is 91.7 Å². The third-order valence-electron chi connectivity index (χ3n) is 5.82. The molecule has 22 heavy (non-hydrogen) atoms. The van der Waals surface area contributed by atoms with E-state index in [1.54, 1.807) is 0 Å². The molecule has 0 spiro atoms. The Labute approximate surface area is 143 Å². The monoisotopic (exact) mass is 376 g/mol. The molecule has 0 N–H and O–H groups in total. The molecule has 1 heterocycles. The van der Waals surface area contributed by atoms with Crippen LogP contribution in [0.2, 0.25) is 0 Å². The van der Waals surface area contributed by atoms with Crippen LogP contribution < -0.4 is 0 Å². The first-order chi connectivity index (χ1) is 10.4. The van der Waals surface area contributed by atoms with E-state index in [4.69, 9.17) is 0 Å². The van der Waals surface area contributed by atoms with Gasteiger partial charge in [-0.25, -0.2) is 0 Å². The van der Waals surface area contributed by atoms with Gasteiger partial charge in [-0.05, 0) is 0 Å². The molecule has 0 radical (unpaired) electrons. The SMILES string of the molecule is CC(C)P1(Br)(C(C)C)Cc2ccccc2-c2ccccc2C1. The molecule has 0 atom stereocenters. The van der Waals surface area contributed by atoms with Crippen molar-refractivity contribution in [3.05, 3.63) is 59.7 Å². The van der Waals surface area contributed by atoms with Gasteiger partial charge in [-0.15, -0.1) is 0 Å². The third kappa shape index (κ3) is 2.29. The Kier molecular flexibility index (Phi) is 4.03. The molecule has 0 nitrogen and oxygen atoms in total. The van der Waals surface area contributed by atoms with Crippen LogP contribution in [0.1, 0.15) is 38.8 Å². The molecule has 0 amide bonds. The predicted molar refractivity (Wildman–Crippen MR) is 105 cm³/mol. The molecule has 0 bridgehead atoms. The first kappa shape index (κ1) is 16.2. The average molecular weight is 377 g/mol. The van der Waals surface area contributed by atoms with E-state index in [1.807, 2.05) is 0 Å². The Bertz CT molecular complexity index is 643. The Morgan fingerprint density at radius 3 is 1.45 bits per heavy atom. The van der Waals surface area contributed by atoms with E-state index in [0.717, 1.165) is 0 Å². The third-order valence-corrected chi connectivity index (χ3v) is 19.2.